The Hall–Kier alpha value is -3.74. The minimum absolute atomic E-state index is 0.0268. The van der Waals surface area contributed by atoms with E-state index in [1.807, 2.05) is 50.2 Å². The minimum atomic E-state index is -0.177. The predicted molar refractivity (Wildman–Crippen MR) is 114 cm³/mol. The van der Waals surface area contributed by atoms with Gasteiger partial charge in [0, 0.05) is 29.5 Å². The molecule has 0 bridgehead atoms. The number of hydrogen-bond acceptors (Lipinski definition) is 5. The average Bonchev–Trinajstić information content (AvgIpc) is 3.08. The average molecular weight is 386 g/mol. The van der Waals surface area contributed by atoms with Gasteiger partial charge in [0.25, 0.3) is 5.91 Å². The number of amides is 1. The largest absolute Gasteiger partial charge is 0.377 e. The topological polar surface area (TPSA) is 95.6 Å². The van der Waals surface area contributed by atoms with Crippen molar-refractivity contribution < 1.29 is 4.79 Å². The lowest BCUT2D eigenvalue weighted by Gasteiger charge is -2.17. The lowest BCUT2D eigenvalue weighted by molar-refractivity contribution is 0.102. The molecule has 0 fully saturated rings. The van der Waals surface area contributed by atoms with Crippen molar-refractivity contribution >= 4 is 28.3 Å². The second-order valence-corrected chi connectivity index (χ2v) is 7.13. The highest BCUT2D eigenvalue weighted by atomic mass is 16.1. The first-order valence-corrected chi connectivity index (χ1v) is 9.40. The molecular weight excluding hydrogens is 364 g/mol. The number of aromatic amines is 1. The van der Waals surface area contributed by atoms with Gasteiger partial charge in [-0.2, -0.15) is 5.10 Å². The zero-order valence-electron chi connectivity index (χ0n) is 16.5. The third kappa shape index (κ3) is 4.08. The SMILES string of the molecule is Cc1cncc(C(=O)Nc2cccc(C(C)Nc3cnc4[nH]nc(C)c4c3)c2)c1. The number of carbonyl (C=O) groups is 1. The molecule has 0 aliphatic rings. The molecule has 0 saturated heterocycles. The number of nitrogens with zero attached hydrogens (tertiary/aromatic N) is 3. The Labute approximate surface area is 168 Å². The molecule has 3 heterocycles. The Morgan fingerprint density at radius 2 is 1.93 bits per heavy atom. The molecule has 0 radical (unpaired) electrons. The molecule has 1 unspecified atom stereocenters. The van der Waals surface area contributed by atoms with Crippen LogP contribution in [-0.2, 0) is 0 Å². The smallest absolute Gasteiger partial charge is 0.257 e. The number of hydrogen-bond donors (Lipinski definition) is 3. The highest BCUT2D eigenvalue weighted by Gasteiger charge is 2.11. The Balaban J connectivity index is 1.49. The van der Waals surface area contributed by atoms with Gasteiger partial charge in [0.15, 0.2) is 5.65 Å². The van der Waals surface area contributed by atoms with Gasteiger partial charge < -0.3 is 10.6 Å². The van der Waals surface area contributed by atoms with Crippen molar-refractivity contribution in [2.24, 2.45) is 0 Å². The van der Waals surface area contributed by atoms with Crippen LogP contribution in [0.5, 0.6) is 0 Å². The quantitative estimate of drug-likeness (QED) is 0.473. The highest BCUT2D eigenvalue weighted by Crippen LogP contribution is 2.24. The molecule has 4 aromatic rings. The van der Waals surface area contributed by atoms with E-state index in [1.54, 1.807) is 18.6 Å². The number of nitrogens with one attached hydrogen (secondary N) is 3. The minimum Gasteiger partial charge on any atom is -0.377 e. The van der Waals surface area contributed by atoms with Crippen molar-refractivity contribution in [2.45, 2.75) is 26.8 Å². The predicted octanol–water partition coefficient (Wildman–Crippen LogP) is 4.40. The van der Waals surface area contributed by atoms with Crippen molar-refractivity contribution in [3.05, 3.63) is 77.4 Å². The Morgan fingerprint density at radius 1 is 1.07 bits per heavy atom. The molecule has 29 heavy (non-hydrogen) atoms. The molecule has 0 aliphatic heterocycles. The Morgan fingerprint density at radius 3 is 2.76 bits per heavy atom. The van der Waals surface area contributed by atoms with Crippen LogP contribution in [0.1, 0.15) is 40.1 Å². The maximum atomic E-state index is 12.5. The van der Waals surface area contributed by atoms with E-state index in [0.717, 1.165) is 39.2 Å². The second-order valence-electron chi connectivity index (χ2n) is 7.13. The van der Waals surface area contributed by atoms with E-state index in [1.165, 1.54) is 0 Å². The summed E-state index contributed by atoms with van der Waals surface area (Å²) < 4.78 is 0. The number of aromatic nitrogens is 4. The number of benzene rings is 1. The summed E-state index contributed by atoms with van der Waals surface area (Å²) in [7, 11) is 0. The lowest BCUT2D eigenvalue weighted by Crippen LogP contribution is -2.13. The van der Waals surface area contributed by atoms with Gasteiger partial charge in [-0.25, -0.2) is 4.98 Å². The fourth-order valence-electron chi connectivity index (χ4n) is 3.21. The fraction of sp³-hybridized carbons (Fsp3) is 0.182. The van der Waals surface area contributed by atoms with Crippen LogP contribution < -0.4 is 10.6 Å². The normalized spacial score (nSPS) is 12.0. The fourth-order valence-corrected chi connectivity index (χ4v) is 3.21. The summed E-state index contributed by atoms with van der Waals surface area (Å²) in [6, 6.07) is 11.7. The zero-order valence-corrected chi connectivity index (χ0v) is 16.5. The first-order chi connectivity index (χ1) is 14.0. The van der Waals surface area contributed by atoms with E-state index in [0.29, 0.717) is 5.56 Å². The van der Waals surface area contributed by atoms with Crippen molar-refractivity contribution in [2.75, 3.05) is 10.6 Å². The van der Waals surface area contributed by atoms with E-state index >= 15 is 0 Å². The van der Waals surface area contributed by atoms with Gasteiger partial charge in [-0.1, -0.05) is 12.1 Å². The van der Waals surface area contributed by atoms with Gasteiger partial charge in [0.05, 0.1) is 23.1 Å². The van der Waals surface area contributed by atoms with E-state index < -0.39 is 0 Å². The molecule has 146 valence electrons. The van der Waals surface area contributed by atoms with Crippen LogP contribution in [0.4, 0.5) is 11.4 Å². The zero-order chi connectivity index (χ0) is 20.4. The van der Waals surface area contributed by atoms with Gasteiger partial charge >= 0.3 is 0 Å². The lowest BCUT2D eigenvalue weighted by atomic mass is 10.1. The second kappa shape index (κ2) is 7.71. The van der Waals surface area contributed by atoms with Crippen molar-refractivity contribution in [3.63, 3.8) is 0 Å². The summed E-state index contributed by atoms with van der Waals surface area (Å²) in [5, 5.41) is 14.5. The number of aryl methyl sites for hydroxylation is 2. The monoisotopic (exact) mass is 386 g/mol. The number of H-pyrrole nitrogens is 1. The van der Waals surface area contributed by atoms with Crippen molar-refractivity contribution in [1.29, 1.82) is 0 Å². The van der Waals surface area contributed by atoms with Crippen LogP contribution in [0, 0.1) is 13.8 Å². The summed E-state index contributed by atoms with van der Waals surface area (Å²) in [5.74, 6) is -0.177. The van der Waals surface area contributed by atoms with E-state index in [9.17, 15) is 4.79 Å². The molecule has 0 spiro atoms. The van der Waals surface area contributed by atoms with Crippen molar-refractivity contribution in [1.82, 2.24) is 20.2 Å². The number of fused-ring (bicyclic) bond motifs is 1. The maximum Gasteiger partial charge on any atom is 0.257 e. The number of rotatable bonds is 5. The molecule has 3 aromatic heterocycles. The third-order valence-electron chi connectivity index (χ3n) is 4.77. The molecule has 4 rings (SSSR count). The van der Waals surface area contributed by atoms with Gasteiger partial charge in [-0.3, -0.25) is 14.9 Å². The van der Waals surface area contributed by atoms with Gasteiger partial charge in [0.2, 0.25) is 0 Å². The number of carbonyl (C=O) groups excluding carboxylic acids is 1. The first-order valence-electron chi connectivity index (χ1n) is 9.40. The van der Waals surface area contributed by atoms with Gasteiger partial charge in [0.1, 0.15) is 0 Å². The van der Waals surface area contributed by atoms with Crippen LogP contribution in [0.25, 0.3) is 11.0 Å². The van der Waals surface area contributed by atoms with Crippen LogP contribution in [0.15, 0.2) is 55.0 Å². The summed E-state index contributed by atoms with van der Waals surface area (Å²) in [6.45, 7) is 5.93. The standard InChI is InChI=1S/C22H22N6O/c1-13-7-17(11-23-10-13)22(29)26-18-6-4-5-16(8-18)14(2)25-19-9-20-15(3)27-28-21(20)24-12-19/h4-12,14,25H,1-3H3,(H,26,29)(H,24,27,28). The summed E-state index contributed by atoms with van der Waals surface area (Å²) >= 11 is 0. The molecule has 3 N–H and O–H groups in total. The van der Waals surface area contributed by atoms with Crippen molar-refractivity contribution in [3.8, 4) is 0 Å². The number of pyridine rings is 2. The van der Waals surface area contributed by atoms with Crippen LogP contribution in [0.2, 0.25) is 0 Å². The first kappa shape index (κ1) is 18.6. The summed E-state index contributed by atoms with van der Waals surface area (Å²) in [5.41, 5.74) is 5.88. The van der Waals surface area contributed by atoms with Crippen LogP contribution in [-0.4, -0.2) is 26.1 Å². The third-order valence-corrected chi connectivity index (χ3v) is 4.77. The van der Waals surface area contributed by atoms with Gasteiger partial charge in [-0.05, 0) is 56.2 Å². The Bertz CT molecular complexity index is 1180. The molecule has 0 aliphatic carbocycles. The number of anilines is 2. The van der Waals surface area contributed by atoms with Gasteiger partial charge in [-0.15, -0.1) is 0 Å². The molecule has 1 atom stereocenters. The Kier molecular flexibility index (Phi) is 4.95. The highest BCUT2D eigenvalue weighted by molar-refractivity contribution is 6.04. The molecular formula is C22H22N6O. The molecule has 7 nitrogen and oxygen atoms in total. The molecule has 1 amide bonds. The van der Waals surface area contributed by atoms with Crippen LogP contribution in [0.3, 0.4) is 0 Å². The molecule has 0 saturated carbocycles. The van der Waals surface area contributed by atoms with E-state index in [-0.39, 0.29) is 11.9 Å². The summed E-state index contributed by atoms with van der Waals surface area (Å²) in [6.07, 6.45) is 5.08. The summed E-state index contributed by atoms with van der Waals surface area (Å²) in [4.78, 5) is 21.0. The van der Waals surface area contributed by atoms with E-state index in [2.05, 4.69) is 37.7 Å². The maximum absolute atomic E-state index is 12.5. The molecule has 1 aromatic carbocycles. The van der Waals surface area contributed by atoms with E-state index in [4.69, 9.17) is 0 Å². The molecule has 7 heteroatoms. The van der Waals surface area contributed by atoms with Crippen LogP contribution >= 0.6 is 0 Å².